The van der Waals surface area contributed by atoms with E-state index in [1.165, 1.54) is 0 Å². The van der Waals surface area contributed by atoms with Crippen LogP contribution in [0.2, 0.25) is 15.1 Å². The Hall–Kier alpha value is -1.42. The van der Waals surface area contributed by atoms with Gasteiger partial charge in [0.25, 0.3) is 5.91 Å². The first kappa shape index (κ1) is 21.9. The lowest BCUT2D eigenvalue weighted by Crippen LogP contribution is -2.20. The molecule has 0 aliphatic carbocycles. The Bertz CT molecular complexity index is 859. The molecule has 0 aromatic heterocycles. The fourth-order valence-corrected chi connectivity index (χ4v) is 3.31. The normalized spacial score (nSPS) is 12.2. The largest absolute Gasteiger partial charge is 0.507 e. The minimum absolute atomic E-state index is 0.184. The van der Waals surface area contributed by atoms with Gasteiger partial charge in [0.15, 0.2) is 0 Å². The number of aromatic hydroxyl groups is 1. The summed E-state index contributed by atoms with van der Waals surface area (Å²) in [5.74, 6) is -0.120. The predicted octanol–water partition coefficient (Wildman–Crippen LogP) is 7.20. The summed E-state index contributed by atoms with van der Waals surface area (Å²) in [5.41, 5.74) is 1.56. The highest BCUT2D eigenvalue weighted by molar-refractivity contribution is 6.49. The molecule has 0 unspecified atom stereocenters. The molecule has 0 spiro atoms. The lowest BCUT2D eigenvalue weighted by molar-refractivity contribution is 0.102. The van der Waals surface area contributed by atoms with Crippen molar-refractivity contribution in [2.75, 3.05) is 5.32 Å². The second-order valence-corrected chi connectivity index (χ2v) is 9.76. The number of phenols is 1. The molecule has 3 nitrogen and oxygen atoms in total. The topological polar surface area (TPSA) is 49.3 Å². The maximum absolute atomic E-state index is 12.9. The smallest absolute Gasteiger partial charge is 0.255 e. The van der Waals surface area contributed by atoms with Crippen LogP contribution in [0.1, 0.15) is 63.0 Å². The van der Waals surface area contributed by atoms with Crippen LogP contribution < -0.4 is 5.32 Å². The van der Waals surface area contributed by atoms with Crippen LogP contribution in [0.25, 0.3) is 0 Å². The lowest BCUT2D eigenvalue weighted by Gasteiger charge is -2.28. The summed E-state index contributed by atoms with van der Waals surface area (Å²) in [7, 11) is 0. The molecule has 0 aliphatic rings. The quantitative estimate of drug-likeness (QED) is 0.497. The number of hydrogen-bond donors (Lipinski definition) is 2. The number of anilines is 1. The summed E-state index contributed by atoms with van der Waals surface area (Å²) < 4.78 is 0. The monoisotopic (exact) mass is 427 g/mol. The van der Waals surface area contributed by atoms with Gasteiger partial charge in [-0.2, -0.15) is 0 Å². The molecule has 2 N–H and O–H groups in total. The van der Waals surface area contributed by atoms with Crippen molar-refractivity contribution in [2.24, 2.45) is 0 Å². The Labute approximate surface area is 175 Å². The first-order valence-corrected chi connectivity index (χ1v) is 9.69. The summed E-state index contributed by atoms with van der Waals surface area (Å²) in [5, 5.41) is 14.2. The zero-order valence-electron chi connectivity index (χ0n) is 16.3. The van der Waals surface area contributed by atoms with Gasteiger partial charge in [0.05, 0.1) is 20.8 Å². The van der Waals surface area contributed by atoms with Crippen molar-refractivity contribution in [2.45, 2.75) is 52.4 Å². The number of rotatable bonds is 2. The standard InChI is InChI=1S/C21H24Cl3NO2/c1-20(2,3)12-9-11(10-13(18(12)26)21(4,5)6)19(27)25-15-8-7-14(22)16(23)17(15)24/h7-10,26H,1-6H3,(H,25,27). The van der Waals surface area contributed by atoms with E-state index in [1.807, 2.05) is 41.5 Å². The average molecular weight is 429 g/mol. The second-order valence-electron chi connectivity index (χ2n) is 8.60. The number of halogens is 3. The number of hydrogen-bond acceptors (Lipinski definition) is 2. The Morgan fingerprint density at radius 1 is 0.889 bits per heavy atom. The van der Waals surface area contributed by atoms with Gasteiger partial charge in [-0.05, 0) is 35.1 Å². The van der Waals surface area contributed by atoms with E-state index in [2.05, 4.69) is 5.32 Å². The van der Waals surface area contributed by atoms with Gasteiger partial charge >= 0.3 is 0 Å². The van der Waals surface area contributed by atoms with Gasteiger partial charge in [-0.25, -0.2) is 0 Å². The van der Waals surface area contributed by atoms with Crippen molar-refractivity contribution in [1.82, 2.24) is 0 Å². The molecule has 0 saturated carbocycles. The predicted molar refractivity (Wildman–Crippen MR) is 115 cm³/mol. The van der Waals surface area contributed by atoms with Gasteiger partial charge < -0.3 is 10.4 Å². The van der Waals surface area contributed by atoms with Gasteiger partial charge in [0, 0.05) is 16.7 Å². The molecule has 0 saturated heterocycles. The highest BCUT2D eigenvalue weighted by Crippen LogP contribution is 2.40. The molecule has 1 amide bonds. The van der Waals surface area contributed by atoms with Crippen molar-refractivity contribution >= 4 is 46.4 Å². The van der Waals surface area contributed by atoms with E-state index in [9.17, 15) is 9.90 Å². The van der Waals surface area contributed by atoms with Gasteiger partial charge in [-0.3, -0.25) is 4.79 Å². The summed E-state index contributed by atoms with van der Waals surface area (Å²) >= 11 is 18.2. The van der Waals surface area contributed by atoms with E-state index in [0.717, 1.165) is 0 Å². The van der Waals surface area contributed by atoms with Crippen molar-refractivity contribution in [3.63, 3.8) is 0 Å². The average Bonchev–Trinajstić information content (AvgIpc) is 2.53. The van der Waals surface area contributed by atoms with E-state index in [0.29, 0.717) is 27.4 Å². The SMILES string of the molecule is CC(C)(C)c1cc(C(=O)Nc2ccc(Cl)c(Cl)c2Cl)cc(C(C)(C)C)c1O. The number of nitrogens with one attached hydrogen (secondary N) is 1. The van der Waals surface area contributed by atoms with E-state index < -0.39 is 0 Å². The van der Waals surface area contributed by atoms with Gasteiger partial charge in [0.1, 0.15) is 5.75 Å². The zero-order valence-corrected chi connectivity index (χ0v) is 18.6. The molecule has 0 bridgehead atoms. The Morgan fingerprint density at radius 2 is 1.37 bits per heavy atom. The van der Waals surface area contributed by atoms with Crippen LogP contribution in [-0.4, -0.2) is 11.0 Å². The van der Waals surface area contributed by atoms with Crippen molar-refractivity contribution in [3.8, 4) is 5.75 Å². The number of carbonyl (C=O) groups excluding carboxylic acids is 1. The number of carbonyl (C=O) groups is 1. The molecular formula is C21H24Cl3NO2. The third-order valence-corrected chi connectivity index (χ3v) is 5.57. The fourth-order valence-electron chi connectivity index (χ4n) is 2.73. The number of phenolic OH excluding ortho intramolecular Hbond substituents is 1. The third-order valence-electron chi connectivity index (χ3n) is 4.27. The highest BCUT2D eigenvalue weighted by Gasteiger charge is 2.28. The van der Waals surface area contributed by atoms with Crippen molar-refractivity contribution in [1.29, 1.82) is 0 Å². The molecule has 0 fully saturated rings. The summed E-state index contributed by atoms with van der Waals surface area (Å²) in [4.78, 5) is 12.9. The van der Waals surface area contributed by atoms with Crippen LogP contribution in [0.5, 0.6) is 5.75 Å². The molecular weight excluding hydrogens is 405 g/mol. The van der Waals surface area contributed by atoms with Gasteiger partial charge in [-0.1, -0.05) is 76.3 Å². The Balaban J connectivity index is 2.55. The second kappa shape index (κ2) is 7.54. The van der Waals surface area contributed by atoms with E-state index in [-0.39, 0.29) is 32.5 Å². The Morgan fingerprint density at radius 3 is 1.81 bits per heavy atom. The molecule has 146 valence electrons. The molecule has 2 aromatic rings. The van der Waals surface area contributed by atoms with Crippen molar-refractivity contribution in [3.05, 3.63) is 56.0 Å². The van der Waals surface area contributed by atoms with Gasteiger partial charge in [-0.15, -0.1) is 0 Å². The molecule has 0 aliphatic heterocycles. The molecule has 0 atom stereocenters. The number of benzene rings is 2. The van der Waals surface area contributed by atoms with Crippen LogP contribution >= 0.6 is 34.8 Å². The van der Waals surface area contributed by atoms with Gasteiger partial charge in [0.2, 0.25) is 0 Å². The van der Waals surface area contributed by atoms with E-state index in [4.69, 9.17) is 34.8 Å². The van der Waals surface area contributed by atoms with Crippen LogP contribution in [0.15, 0.2) is 24.3 Å². The fraction of sp³-hybridized carbons (Fsp3) is 0.381. The molecule has 2 rings (SSSR count). The molecule has 6 heteroatoms. The highest BCUT2D eigenvalue weighted by atomic mass is 35.5. The summed E-state index contributed by atoms with van der Waals surface area (Å²) in [6.07, 6.45) is 0. The first-order chi connectivity index (χ1) is 12.2. The minimum Gasteiger partial charge on any atom is -0.507 e. The summed E-state index contributed by atoms with van der Waals surface area (Å²) in [6, 6.07) is 6.60. The zero-order chi connectivity index (χ0) is 20.7. The Kier molecular flexibility index (Phi) is 6.11. The first-order valence-electron chi connectivity index (χ1n) is 8.56. The minimum atomic E-state index is -0.341. The van der Waals surface area contributed by atoms with Crippen LogP contribution in [-0.2, 0) is 10.8 Å². The lowest BCUT2D eigenvalue weighted by atomic mass is 9.78. The van der Waals surface area contributed by atoms with Crippen molar-refractivity contribution < 1.29 is 9.90 Å². The van der Waals surface area contributed by atoms with Crippen LogP contribution in [0, 0.1) is 0 Å². The molecule has 0 heterocycles. The van der Waals surface area contributed by atoms with E-state index in [1.54, 1.807) is 24.3 Å². The molecule has 27 heavy (non-hydrogen) atoms. The summed E-state index contributed by atoms with van der Waals surface area (Å²) in [6.45, 7) is 12.0. The van der Waals surface area contributed by atoms with Crippen LogP contribution in [0.4, 0.5) is 5.69 Å². The molecule has 2 aromatic carbocycles. The van der Waals surface area contributed by atoms with Crippen LogP contribution in [0.3, 0.4) is 0 Å². The maximum atomic E-state index is 12.9. The van der Waals surface area contributed by atoms with E-state index >= 15 is 0 Å². The third kappa shape index (κ3) is 4.71. The number of amides is 1. The maximum Gasteiger partial charge on any atom is 0.255 e. The molecule has 0 radical (unpaired) electrons.